The smallest absolute Gasteiger partial charge is 0.303 e. The zero-order valence-electron chi connectivity index (χ0n) is 17.4. The zero-order chi connectivity index (χ0) is 20.9. The monoisotopic (exact) mass is 389 g/mol. The van der Waals surface area contributed by atoms with Gasteiger partial charge in [0.2, 0.25) is 5.91 Å². The van der Waals surface area contributed by atoms with Crippen LogP contribution in [0.1, 0.15) is 70.9 Å². The minimum Gasteiger partial charge on any atom is -0.481 e. The van der Waals surface area contributed by atoms with E-state index >= 15 is 0 Å². The Labute approximate surface area is 167 Å². The Balaban J connectivity index is 2.33. The lowest BCUT2D eigenvalue weighted by Crippen LogP contribution is -2.42. The van der Waals surface area contributed by atoms with Crippen molar-refractivity contribution in [3.05, 3.63) is 46.9 Å². The molecule has 0 radical (unpaired) electrons. The van der Waals surface area contributed by atoms with Gasteiger partial charge in [0.15, 0.2) is 0 Å². The molecule has 1 N–H and O–H groups in total. The molecule has 1 amide bonds. The first-order chi connectivity index (χ1) is 13.2. The number of hydrogen-bond acceptors (Lipinski definition) is 2. The highest BCUT2D eigenvalue weighted by atomic mass is 19.1. The number of aryl methyl sites for hydroxylation is 1. The van der Waals surface area contributed by atoms with Gasteiger partial charge in [-0.1, -0.05) is 46.2 Å². The Morgan fingerprint density at radius 1 is 1.32 bits per heavy atom. The SMILES string of the molecule is CCCCc1ccc(C2(C)CC(=O)N(CCCC(=O)O)C=C2C(C)C)cc1F. The summed E-state index contributed by atoms with van der Waals surface area (Å²) in [5, 5.41) is 8.83. The van der Waals surface area contributed by atoms with E-state index in [-0.39, 0.29) is 30.5 Å². The van der Waals surface area contributed by atoms with E-state index in [1.54, 1.807) is 11.0 Å². The number of amides is 1. The van der Waals surface area contributed by atoms with Gasteiger partial charge in [-0.15, -0.1) is 0 Å². The normalized spacial score (nSPS) is 19.9. The number of hydrogen-bond donors (Lipinski definition) is 1. The molecule has 2 rings (SSSR count). The van der Waals surface area contributed by atoms with Gasteiger partial charge in [0.25, 0.3) is 0 Å². The van der Waals surface area contributed by atoms with E-state index in [1.165, 1.54) is 0 Å². The van der Waals surface area contributed by atoms with Gasteiger partial charge in [-0.3, -0.25) is 9.59 Å². The molecule has 1 heterocycles. The molecule has 0 aromatic heterocycles. The number of rotatable bonds is 9. The van der Waals surface area contributed by atoms with Gasteiger partial charge >= 0.3 is 5.97 Å². The van der Waals surface area contributed by atoms with Crippen LogP contribution in [0.4, 0.5) is 4.39 Å². The third-order valence-electron chi connectivity index (χ3n) is 5.66. The lowest BCUT2D eigenvalue weighted by Gasteiger charge is -2.41. The number of aliphatic carboxylic acids is 1. The standard InChI is InChI=1S/C23H32FNO3/c1-5-6-8-17-10-11-18(13-20(17)24)23(4)14-21(26)25(12-7-9-22(27)28)15-19(23)16(2)3/h10-11,13,15-16H,5-9,12,14H2,1-4H3,(H,27,28). The van der Waals surface area contributed by atoms with Gasteiger partial charge in [0, 0.05) is 31.0 Å². The van der Waals surface area contributed by atoms with Crippen LogP contribution in [0.3, 0.4) is 0 Å². The molecule has 1 aromatic carbocycles. The van der Waals surface area contributed by atoms with Crippen LogP contribution in [0.25, 0.3) is 0 Å². The largest absolute Gasteiger partial charge is 0.481 e. The molecule has 28 heavy (non-hydrogen) atoms. The lowest BCUT2D eigenvalue weighted by atomic mass is 9.68. The molecule has 1 atom stereocenters. The summed E-state index contributed by atoms with van der Waals surface area (Å²) in [6.45, 7) is 8.62. The van der Waals surface area contributed by atoms with Crippen molar-refractivity contribution in [1.82, 2.24) is 4.90 Å². The molecule has 0 bridgehead atoms. The fourth-order valence-corrected chi connectivity index (χ4v) is 3.99. The van der Waals surface area contributed by atoms with Crippen molar-refractivity contribution in [1.29, 1.82) is 0 Å². The minimum absolute atomic E-state index is 0.0380. The summed E-state index contributed by atoms with van der Waals surface area (Å²) in [5.41, 5.74) is 2.06. The molecule has 0 aliphatic carbocycles. The van der Waals surface area contributed by atoms with Crippen LogP contribution in [0.15, 0.2) is 30.0 Å². The number of allylic oxidation sites excluding steroid dienone is 1. The molecule has 1 aliphatic rings. The Bertz CT molecular complexity index is 756. The Morgan fingerprint density at radius 2 is 2.04 bits per heavy atom. The lowest BCUT2D eigenvalue weighted by molar-refractivity contribution is -0.138. The first kappa shape index (κ1) is 22.1. The van der Waals surface area contributed by atoms with Crippen molar-refractivity contribution in [2.24, 2.45) is 5.92 Å². The molecule has 0 saturated heterocycles. The van der Waals surface area contributed by atoms with Crippen molar-refractivity contribution in [3.63, 3.8) is 0 Å². The van der Waals surface area contributed by atoms with Crippen molar-refractivity contribution in [3.8, 4) is 0 Å². The molecule has 1 unspecified atom stereocenters. The Hall–Kier alpha value is -2.17. The average Bonchev–Trinajstić information content (AvgIpc) is 2.61. The van der Waals surface area contributed by atoms with E-state index in [9.17, 15) is 14.0 Å². The molecule has 4 nitrogen and oxygen atoms in total. The highest BCUT2D eigenvalue weighted by Crippen LogP contribution is 2.43. The van der Waals surface area contributed by atoms with Crippen LogP contribution >= 0.6 is 0 Å². The fourth-order valence-electron chi connectivity index (χ4n) is 3.99. The summed E-state index contributed by atoms with van der Waals surface area (Å²) >= 11 is 0. The average molecular weight is 390 g/mol. The van der Waals surface area contributed by atoms with Crippen LogP contribution in [-0.4, -0.2) is 28.4 Å². The fraction of sp³-hybridized carbons (Fsp3) is 0.565. The number of carbonyl (C=O) groups is 2. The van der Waals surface area contributed by atoms with Crippen molar-refractivity contribution < 1.29 is 19.1 Å². The number of benzene rings is 1. The molecular weight excluding hydrogens is 357 g/mol. The molecule has 154 valence electrons. The maximum absolute atomic E-state index is 14.7. The molecule has 1 aliphatic heterocycles. The van der Waals surface area contributed by atoms with Crippen LogP contribution in [0.2, 0.25) is 0 Å². The first-order valence-corrected chi connectivity index (χ1v) is 10.2. The predicted molar refractivity (Wildman–Crippen MR) is 108 cm³/mol. The van der Waals surface area contributed by atoms with Gasteiger partial charge in [-0.05, 0) is 47.9 Å². The van der Waals surface area contributed by atoms with Gasteiger partial charge in [-0.25, -0.2) is 4.39 Å². The number of nitrogens with zero attached hydrogens (tertiary/aromatic N) is 1. The van der Waals surface area contributed by atoms with Crippen LogP contribution < -0.4 is 0 Å². The van der Waals surface area contributed by atoms with E-state index in [4.69, 9.17) is 5.11 Å². The van der Waals surface area contributed by atoms with Crippen molar-refractivity contribution in [2.75, 3.05) is 6.54 Å². The van der Waals surface area contributed by atoms with Crippen LogP contribution in [-0.2, 0) is 21.4 Å². The molecule has 1 aromatic rings. The van der Waals surface area contributed by atoms with Gasteiger partial charge in [0.05, 0.1) is 0 Å². The maximum atomic E-state index is 14.7. The molecule has 5 heteroatoms. The van der Waals surface area contributed by atoms with E-state index in [1.807, 2.05) is 25.3 Å². The summed E-state index contributed by atoms with van der Waals surface area (Å²) in [4.78, 5) is 25.1. The van der Waals surface area contributed by atoms with Crippen molar-refractivity contribution in [2.45, 2.75) is 71.6 Å². The second-order valence-electron chi connectivity index (χ2n) is 8.24. The third kappa shape index (κ3) is 5.00. The second-order valence-corrected chi connectivity index (χ2v) is 8.24. The summed E-state index contributed by atoms with van der Waals surface area (Å²) in [7, 11) is 0. The van der Waals surface area contributed by atoms with Gasteiger partial charge in [-0.2, -0.15) is 0 Å². The van der Waals surface area contributed by atoms with Gasteiger partial charge < -0.3 is 10.0 Å². The van der Waals surface area contributed by atoms with E-state index in [0.717, 1.165) is 36.0 Å². The minimum atomic E-state index is -0.860. The number of unbranched alkanes of at least 4 members (excludes halogenated alkanes) is 1. The van der Waals surface area contributed by atoms with E-state index < -0.39 is 11.4 Å². The van der Waals surface area contributed by atoms with Crippen LogP contribution in [0, 0.1) is 11.7 Å². The number of carboxylic acids is 1. The summed E-state index contributed by atoms with van der Waals surface area (Å²) in [6, 6.07) is 5.40. The number of halogens is 1. The Morgan fingerprint density at radius 3 is 2.61 bits per heavy atom. The molecule has 0 fully saturated rings. The molecule has 0 spiro atoms. The summed E-state index contributed by atoms with van der Waals surface area (Å²) in [5.74, 6) is -0.928. The number of carbonyl (C=O) groups excluding carboxylic acids is 1. The van der Waals surface area contributed by atoms with Crippen molar-refractivity contribution >= 4 is 11.9 Å². The van der Waals surface area contributed by atoms with E-state index in [0.29, 0.717) is 13.0 Å². The first-order valence-electron chi connectivity index (χ1n) is 10.2. The topological polar surface area (TPSA) is 57.6 Å². The van der Waals surface area contributed by atoms with Gasteiger partial charge in [0.1, 0.15) is 5.82 Å². The second kappa shape index (κ2) is 9.35. The third-order valence-corrected chi connectivity index (χ3v) is 5.66. The molecule has 0 saturated carbocycles. The molecular formula is C23H32FNO3. The quantitative estimate of drug-likeness (QED) is 0.642. The predicted octanol–water partition coefficient (Wildman–Crippen LogP) is 5.06. The highest BCUT2D eigenvalue weighted by Gasteiger charge is 2.40. The summed E-state index contributed by atoms with van der Waals surface area (Å²) < 4.78 is 14.7. The summed E-state index contributed by atoms with van der Waals surface area (Å²) in [6.07, 6.45) is 5.28. The Kier molecular flexibility index (Phi) is 7.39. The number of carboxylic acid groups (broad SMARTS) is 1. The van der Waals surface area contributed by atoms with E-state index in [2.05, 4.69) is 20.8 Å². The zero-order valence-corrected chi connectivity index (χ0v) is 17.4. The maximum Gasteiger partial charge on any atom is 0.303 e. The highest BCUT2D eigenvalue weighted by molar-refractivity contribution is 5.81. The van der Waals surface area contributed by atoms with Crippen LogP contribution in [0.5, 0.6) is 0 Å².